The molecule has 0 spiro atoms. The van der Waals surface area contributed by atoms with Gasteiger partial charge in [-0.15, -0.1) is 0 Å². The Morgan fingerprint density at radius 2 is 0.969 bits per heavy atom. The summed E-state index contributed by atoms with van der Waals surface area (Å²) >= 11 is 0. The fourth-order valence-corrected chi connectivity index (χ4v) is 8.70. The van der Waals surface area contributed by atoms with E-state index in [1.165, 1.54) is 141 Å². The van der Waals surface area contributed by atoms with Gasteiger partial charge < -0.3 is 65.1 Å². The van der Waals surface area contributed by atoms with E-state index in [0.717, 1.165) is 38.5 Å². The lowest BCUT2D eigenvalue weighted by molar-refractivity contribution is -0.359. The maximum absolute atomic E-state index is 13.2. The number of nitrogens with one attached hydrogen (secondary N) is 1. The minimum absolute atomic E-state index is 0.237. The smallest absolute Gasteiger partial charge is 0.220 e. The highest BCUT2D eigenvalue weighted by Gasteiger charge is 2.51. The second kappa shape index (κ2) is 37.7. The summed E-state index contributed by atoms with van der Waals surface area (Å²) in [5.41, 5.74) is 0. The summed E-state index contributed by atoms with van der Waals surface area (Å²) in [6.45, 7) is 2.79. The van der Waals surface area contributed by atoms with Crippen LogP contribution < -0.4 is 5.32 Å². The number of aliphatic hydroxyl groups is 8. The van der Waals surface area contributed by atoms with E-state index in [1.807, 2.05) is 6.08 Å². The molecule has 0 bridgehead atoms. The van der Waals surface area contributed by atoms with E-state index in [-0.39, 0.29) is 18.9 Å². The molecule has 2 heterocycles. The number of allylic oxidation sites excluding steroid dienone is 1. The predicted molar refractivity (Wildman–Crippen MR) is 249 cm³/mol. The number of carbonyl (C=O) groups is 1. The fourth-order valence-electron chi connectivity index (χ4n) is 8.70. The van der Waals surface area contributed by atoms with Crippen molar-refractivity contribution in [2.75, 3.05) is 19.8 Å². The summed E-state index contributed by atoms with van der Waals surface area (Å²) < 4.78 is 22.7. The zero-order chi connectivity index (χ0) is 46.8. The quantitative estimate of drug-likeness (QED) is 0.0229. The molecule has 2 fully saturated rings. The van der Waals surface area contributed by atoms with E-state index in [9.17, 15) is 45.6 Å². The van der Waals surface area contributed by atoms with Gasteiger partial charge >= 0.3 is 0 Å². The molecule has 0 aromatic rings. The van der Waals surface area contributed by atoms with Gasteiger partial charge in [-0.05, 0) is 19.3 Å². The maximum atomic E-state index is 13.2. The van der Waals surface area contributed by atoms with Gasteiger partial charge in [-0.1, -0.05) is 193 Å². The van der Waals surface area contributed by atoms with Crippen LogP contribution in [-0.2, 0) is 23.7 Å². The summed E-state index contributed by atoms with van der Waals surface area (Å²) in [6, 6.07) is -0.907. The molecular formula is C50H95NO13. The predicted octanol–water partition coefficient (Wildman–Crippen LogP) is 6.77. The largest absolute Gasteiger partial charge is 0.394 e. The summed E-state index contributed by atoms with van der Waals surface area (Å²) in [6.07, 6.45) is 22.4. The van der Waals surface area contributed by atoms with E-state index in [4.69, 9.17) is 18.9 Å². The van der Waals surface area contributed by atoms with Gasteiger partial charge in [0.2, 0.25) is 5.91 Å². The molecular weight excluding hydrogens is 823 g/mol. The lowest BCUT2D eigenvalue weighted by Gasteiger charge is -2.46. The Kier molecular flexibility index (Phi) is 34.7. The van der Waals surface area contributed by atoms with E-state index in [1.54, 1.807) is 6.08 Å². The van der Waals surface area contributed by atoms with Crippen molar-refractivity contribution >= 4 is 5.91 Å². The van der Waals surface area contributed by atoms with Gasteiger partial charge in [-0.2, -0.15) is 0 Å². The molecule has 64 heavy (non-hydrogen) atoms. The minimum Gasteiger partial charge on any atom is -0.394 e. The Bertz CT molecular complexity index is 1130. The molecule has 2 rings (SSSR count). The summed E-state index contributed by atoms with van der Waals surface area (Å²) in [4.78, 5) is 13.2. The Balaban J connectivity index is 1.85. The molecule has 14 heteroatoms. The van der Waals surface area contributed by atoms with Gasteiger partial charge in [-0.3, -0.25) is 4.79 Å². The van der Waals surface area contributed by atoms with Crippen molar-refractivity contribution in [2.24, 2.45) is 0 Å². The number of rotatable bonds is 40. The molecule has 12 atom stereocenters. The third kappa shape index (κ3) is 24.7. The SMILES string of the molecule is CCCCCCCCCCCCCCC/C=C/[C@@H](O)[C@H](CO[C@@H]1O[C@H](CO)[C@@H](O[C@@H]2O[C@H](CO)[C@H](O)C(O)C2O)C(O)C1O)NC(=O)CCCCCCCCCCCCCCCCC. The van der Waals surface area contributed by atoms with Crippen LogP contribution in [0, 0.1) is 0 Å². The van der Waals surface area contributed by atoms with Crippen LogP contribution in [0.2, 0.25) is 0 Å². The molecule has 1 amide bonds. The van der Waals surface area contributed by atoms with Gasteiger partial charge in [0.05, 0.1) is 32.0 Å². The van der Waals surface area contributed by atoms with E-state index >= 15 is 0 Å². The van der Waals surface area contributed by atoms with Gasteiger partial charge in [0, 0.05) is 6.42 Å². The molecule has 378 valence electrons. The Hall–Kier alpha value is -1.27. The fraction of sp³-hybridized carbons (Fsp3) is 0.940. The standard InChI is InChI=1S/C50H95NO13/c1-3-5-7-9-11-13-15-17-19-21-23-25-27-29-31-33-39(54)38(51-42(55)34-32-30-28-26-24-22-20-18-16-14-12-10-8-6-4-2)37-61-49-47(60)45(58)48(41(36-53)63-49)64-50-46(59)44(57)43(56)40(35-52)62-50/h31,33,38-41,43-50,52-54,56-60H,3-30,32,34-37H2,1-2H3,(H,51,55)/b33-31+/t38-,39+,40+,41+,43-,44?,45?,46?,47?,48+,49+,50-/m0/s1. The molecule has 14 nitrogen and oxygen atoms in total. The van der Waals surface area contributed by atoms with Crippen LogP contribution in [0.15, 0.2) is 12.2 Å². The van der Waals surface area contributed by atoms with E-state index in [2.05, 4.69) is 19.2 Å². The van der Waals surface area contributed by atoms with Crippen molar-refractivity contribution in [2.45, 2.75) is 280 Å². The maximum Gasteiger partial charge on any atom is 0.220 e. The number of ether oxygens (including phenoxy) is 4. The van der Waals surface area contributed by atoms with Gasteiger partial charge in [0.1, 0.15) is 48.8 Å². The Labute approximate surface area is 386 Å². The first kappa shape index (κ1) is 58.9. The minimum atomic E-state index is -1.78. The van der Waals surface area contributed by atoms with Crippen molar-refractivity contribution < 1.29 is 64.6 Å². The molecule has 0 aromatic heterocycles. The van der Waals surface area contributed by atoms with Crippen molar-refractivity contribution in [3.05, 3.63) is 12.2 Å². The number of carbonyl (C=O) groups excluding carboxylic acids is 1. The first-order valence-electron chi connectivity index (χ1n) is 25.9. The molecule has 2 aliphatic heterocycles. The molecule has 0 aromatic carbocycles. The van der Waals surface area contributed by atoms with Crippen molar-refractivity contribution in [3.8, 4) is 0 Å². The topological polar surface area (TPSA) is 228 Å². The van der Waals surface area contributed by atoms with Crippen molar-refractivity contribution in [1.82, 2.24) is 5.32 Å². The average Bonchev–Trinajstić information content (AvgIpc) is 3.29. The zero-order valence-electron chi connectivity index (χ0n) is 40.0. The van der Waals surface area contributed by atoms with Crippen LogP contribution in [0.4, 0.5) is 0 Å². The molecule has 0 radical (unpaired) electrons. The highest BCUT2D eigenvalue weighted by Crippen LogP contribution is 2.30. The van der Waals surface area contributed by atoms with E-state index < -0.39 is 86.8 Å². The first-order chi connectivity index (χ1) is 31.1. The van der Waals surface area contributed by atoms with Gasteiger partial charge in [0.25, 0.3) is 0 Å². The van der Waals surface area contributed by atoms with Crippen LogP contribution in [0.5, 0.6) is 0 Å². The third-order valence-electron chi connectivity index (χ3n) is 13.0. The monoisotopic (exact) mass is 918 g/mol. The average molecular weight is 918 g/mol. The van der Waals surface area contributed by atoms with Crippen molar-refractivity contribution in [1.29, 1.82) is 0 Å². The highest BCUT2D eigenvalue weighted by atomic mass is 16.7. The molecule has 0 aliphatic carbocycles. The van der Waals surface area contributed by atoms with Crippen LogP contribution in [0.1, 0.15) is 206 Å². The Morgan fingerprint density at radius 1 is 0.547 bits per heavy atom. The second-order valence-electron chi connectivity index (χ2n) is 18.7. The first-order valence-corrected chi connectivity index (χ1v) is 25.9. The van der Waals surface area contributed by atoms with Crippen LogP contribution in [-0.4, -0.2) is 140 Å². The molecule has 4 unspecified atom stereocenters. The molecule has 0 saturated carbocycles. The zero-order valence-corrected chi connectivity index (χ0v) is 40.0. The molecule has 9 N–H and O–H groups in total. The van der Waals surface area contributed by atoms with Gasteiger partial charge in [0.15, 0.2) is 12.6 Å². The number of unbranched alkanes of at least 4 members (excludes halogenated alkanes) is 27. The summed E-state index contributed by atoms with van der Waals surface area (Å²) in [5, 5.41) is 86.7. The van der Waals surface area contributed by atoms with E-state index in [0.29, 0.717) is 6.42 Å². The van der Waals surface area contributed by atoms with Crippen LogP contribution in [0.3, 0.4) is 0 Å². The third-order valence-corrected chi connectivity index (χ3v) is 13.0. The molecule has 2 aliphatic rings. The number of hydrogen-bond donors (Lipinski definition) is 9. The normalized spacial score (nSPS) is 27.3. The highest BCUT2D eigenvalue weighted by molar-refractivity contribution is 5.76. The van der Waals surface area contributed by atoms with Gasteiger partial charge in [-0.25, -0.2) is 0 Å². The van der Waals surface area contributed by atoms with Crippen molar-refractivity contribution in [3.63, 3.8) is 0 Å². The molecule has 2 saturated heterocycles. The lowest BCUT2D eigenvalue weighted by atomic mass is 9.97. The van der Waals surface area contributed by atoms with Crippen LogP contribution in [0.25, 0.3) is 0 Å². The summed E-state index contributed by atoms with van der Waals surface area (Å²) in [7, 11) is 0. The lowest BCUT2D eigenvalue weighted by Crippen LogP contribution is -2.65. The van der Waals surface area contributed by atoms with Crippen LogP contribution >= 0.6 is 0 Å². The number of aliphatic hydroxyl groups excluding tert-OH is 8. The second-order valence-corrected chi connectivity index (χ2v) is 18.7. The number of amides is 1. The Morgan fingerprint density at radius 3 is 1.44 bits per heavy atom. The number of hydrogen-bond acceptors (Lipinski definition) is 13. The summed E-state index contributed by atoms with van der Waals surface area (Å²) in [5.74, 6) is -0.237.